The lowest BCUT2D eigenvalue weighted by molar-refractivity contribution is -0.157. The number of nitrogens with one attached hydrogen (secondary N) is 2. The Bertz CT molecular complexity index is 1010. The first-order valence-electron chi connectivity index (χ1n) is 10.5. The van der Waals surface area contributed by atoms with E-state index in [4.69, 9.17) is 9.29 Å². The maximum Gasteiger partial charge on any atom is 0.511 e. The number of sulfonamides is 1. The molecule has 0 saturated carbocycles. The second kappa shape index (κ2) is 12.3. The molecular weight excluding hydrogens is 519 g/mol. The number of nitriles is 1. The molecule has 0 rings (SSSR count). The number of carbonyl (C=O) groups is 2. The maximum absolute atomic E-state index is 12.8. The number of ether oxygens (including phenoxy) is 1. The van der Waals surface area contributed by atoms with Crippen molar-refractivity contribution in [3.05, 3.63) is 0 Å². The molecule has 0 bridgehead atoms. The predicted octanol–water partition coefficient (Wildman–Crippen LogP) is 1.72. The van der Waals surface area contributed by atoms with E-state index in [0.717, 1.165) is 0 Å². The smallest absolute Gasteiger partial charge is 0.464 e. The summed E-state index contributed by atoms with van der Waals surface area (Å²) < 4.78 is 96.8. The van der Waals surface area contributed by atoms with E-state index in [1.807, 2.05) is 6.07 Å². The van der Waals surface area contributed by atoms with Gasteiger partial charge in [0.15, 0.2) is 0 Å². The van der Waals surface area contributed by atoms with Crippen molar-refractivity contribution in [3.63, 3.8) is 0 Å². The van der Waals surface area contributed by atoms with Gasteiger partial charge in [-0.2, -0.15) is 26.9 Å². The minimum absolute atomic E-state index is 0.0564. The van der Waals surface area contributed by atoms with Crippen LogP contribution in [0.15, 0.2) is 0 Å². The zero-order chi connectivity index (χ0) is 27.9. The number of esters is 1. The quantitative estimate of drug-likeness (QED) is 0.165. The van der Waals surface area contributed by atoms with E-state index < -0.39 is 79.2 Å². The molecule has 0 aromatic heterocycles. The van der Waals surface area contributed by atoms with Gasteiger partial charge >= 0.3 is 21.5 Å². The molecule has 0 saturated heterocycles. The van der Waals surface area contributed by atoms with Crippen molar-refractivity contribution in [2.24, 2.45) is 17.3 Å². The highest BCUT2D eigenvalue weighted by Crippen LogP contribution is 2.36. The predicted molar refractivity (Wildman–Crippen MR) is 118 cm³/mol. The summed E-state index contributed by atoms with van der Waals surface area (Å²) in [5.74, 6) is -3.90. The van der Waals surface area contributed by atoms with Crippen LogP contribution in [0.4, 0.5) is 13.2 Å². The Labute approximate surface area is 203 Å². The molecule has 11 nitrogen and oxygen atoms in total. The molecule has 1 amide bonds. The highest BCUT2D eigenvalue weighted by Gasteiger charge is 2.45. The molecule has 0 heterocycles. The van der Waals surface area contributed by atoms with Crippen LogP contribution in [0.5, 0.6) is 0 Å². The molecule has 0 fully saturated rings. The molecule has 16 heteroatoms. The van der Waals surface area contributed by atoms with Crippen LogP contribution >= 0.6 is 0 Å². The van der Waals surface area contributed by atoms with E-state index in [2.05, 4.69) is 5.32 Å². The van der Waals surface area contributed by atoms with Crippen LogP contribution in [0.1, 0.15) is 53.9 Å². The lowest BCUT2D eigenvalue weighted by Crippen LogP contribution is -2.50. The second-order valence-corrected chi connectivity index (χ2v) is 12.4. The number of hydrogen-bond acceptors (Lipinski definition) is 8. The van der Waals surface area contributed by atoms with E-state index in [1.165, 1.54) is 32.4 Å². The van der Waals surface area contributed by atoms with Gasteiger partial charge in [-0.25, -0.2) is 13.1 Å². The van der Waals surface area contributed by atoms with E-state index in [-0.39, 0.29) is 12.8 Å². The normalized spacial score (nSPS) is 16.5. The van der Waals surface area contributed by atoms with Crippen LogP contribution in [0, 0.1) is 28.6 Å². The summed E-state index contributed by atoms with van der Waals surface area (Å²) in [6.45, 7) is 5.69. The second-order valence-electron chi connectivity index (χ2n) is 9.18. The van der Waals surface area contributed by atoms with Gasteiger partial charge in [-0.3, -0.25) is 14.1 Å². The molecule has 0 aromatic rings. The van der Waals surface area contributed by atoms with Crippen molar-refractivity contribution in [2.45, 2.75) is 64.9 Å². The largest absolute Gasteiger partial charge is 0.511 e. The minimum Gasteiger partial charge on any atom is -0.464 e. The lowest BCUT2D eigenvalue weighted by Gasteiger charge is -2.33. The van der Waals surface area contributed by atoms with E-state index >= 15 is 0 Å². The molecule has 0 radical (unpaired) electrons. The molecule has 0 aliphatic rings. The zero-order valence-electron chi connectivity index (χ0n) is 20.1. The number of alkyl halides is 3. The SMILES string of the molecule is CCC(C#N)CC(C)(CC(C)C(=O)NC(C)(C)CS(=O)(=O)O)C(=O)OCCNS(=O)(=O)C(F)(F)F. The third-order valence-electron chi connectivity index (χ3n) is 5.01. The molecule has 3 atom stereocenters. The third kappa shape index (κ3) is 11.5. The highest BCUT2D eigenvalue weighted by atomic mass is 32.2. The zero-order valence-corrected chi connectivity index (χ0v) is 21.7. The number of amides is 1. The molecule has 0 aliphatic heterocycles. The minimum atomic E-state index is -5.62. The van der Waals surface area contributed by atoms with Crippen molar-refractivity contribution in [3.8, 4) is 6.07 Å². The van der Waals surface area contributed by atoms with E-state index in [1.54, 1.807) is 6.92 Å². The Morgan fingerprint density at radius 3 is 2.09 bits per heavy atom. The lowest BCUT2D eigenvalue weighted by atomic mass is 9.74. The van der Waals surface area contributed by atoms with E-state index in [0.29, 0.717) is 6.42 Å². The molecule has 3 unspecified atom stereocenters. The summed E-state index contributed by atoms with van der Waals surface area (Å²) in [4.78, 5) is 25.5. The van der Waals surface area contributed by atoms with Gasteiger partial charge in [0, 0.05) is 18.4 Å². The fourth-order valence-corrected chi connectivity index (χ4v) is 4.87. The van der Waals surface area contributed by atoms with Crippen molar-refractivity contribution in [1.82, 2.24) is 10.0 Å². The third-order valence-corrected chi connectivity index (χ3v) is 7.29. The first-order valence-corrected chi connectivity index (χ1v) is 13.6. The molecular formula is C19H32F3N3O8S2. The molecule has 204 valence electrons. The van der Waals surface area contributed by atoms with Crippen molar-refractivity contribution in [2.75, 3.05) is 18.9 Å². The summed E-state index contributed by atoms with van der Waals surface area (Å²) in [7, 11) is -10.0. The van der Waals surface area contributed by atoms with Crippen LogP contribution in [-0.2, 0) is 34.5 Å². The summed E-state index contributed by atoms with van der Waals surface area (Å²) in [6.07, 6.45) is 0.123. The Hall–Kier alpha value is -1.96. The fraction of sp³-hybridized carbons (Fsp3) is 0.842. The van der Waals surface area contributed by atoms with Gasteiger partial charge in [0.1, 0.15) is 6.61 Å². The van der Waals surface area contributed by atoms with Crippen LogP contribution in [0.25, 0.3) is 0 Å². The van der Waals surface area contributed by atoms with Crippen molar-refractivity contribution in [1.29, 1.82) is 5.26 Å². The van der Waals surface area contributed by atoms with Gasteiger partial charge in [-0.1, -0.05) is 13.8 Å². The molecule has 35 heavy (non-hydrogen) atoms. The van der Waals surface area contributed by atoms with Crippen LogP contribution in [0.2, 0.25) is 0 Å². The number of hydrogen-bond donors (Lipinski definition) is 3. The van der Waals surface area contributed by atoms with Crippen molar-refractivity contribution < 1.29 is 48.9 Å². The standard InChI is InChI=1S/C19H32F3N3O8S2/c1-6-14(11-23)10-18(5,16(27)33-8-7-24-35(31,32)19(20,21)22)9-13(2)15(26)25-17(3,4)12-34(28,29)30/h13-14,24H,6-10,12H2,1-5H3,(H,25,26)(H,28,29,30). The number of carbonyl (C=O) groups excluding carboxylic acids is 2. The average molecular weight is 552 g/mol. The van der Waals surface area contributed by atoms with Gasteiger partial charge in [-0.05, 0) is 40.0 Å². The summed E-state index contributed by atoms with van der Waals surface area (Å²) >= 11 is 0. The highest BCUT2D eigenvalue weighted by molar-refractivity contribution is 7.90. The Balaban J connectivity index is 5.46. The Morgan fingerprint density at radius 1 is 1.11 bits per heavy atom. The van der Waals surface area contributed by atoms with Gasteiger partial charge in [0.05, 0.1) is 22.8 Å². The molecule has 0 aromatic carbocycles. The summed E-state index contributed by atoms with van der Waals surface area (Å²) in [6, 6.07) is 2.01. The molecule has 0 spiro atoms. The first-order chi connectivity index (χ1) is 15.6. The van der Waals surface area contributed by atoms with Crippen LogP contribution in [-0.4, -0.2) is 63.2 Å². The number of nitrogens with zero attached hydrogens (tertiary/aromatic N) is 1. The molecule has 0 aliphatic carbocycles. The fourth-order valence-electron chi connectivity index (χ4n) is 3.37. The first kappa shape index (κ1) is 33.0. The number of halogens is 3. The average Bonchev–Trinajstić information content (AvgIpc) is 2.65. The summed E-state index contributed by atoms with van der Waals surface area (Å²) in [5.41, 5.74) is -8.33. The number of rotatable bonds is 14. The van der Waals surface area contributed by atoms with Crippen LogP contribution < -0.4 is 10.0 Å². The van der Waals surface area contributed by atoms with Crippen LogP contribution in [0.3, 0.4) is 0 Å². The van der Waals surface area contributed by atoms with Gasteiger partial charge in [0.2, 0.25) is 5.91 Å². The molecule has 3 N–H and O–H groups in total. The van der Waals surface area contributed by atoms with E-state index in [9.17, 15) is 44.9 Å². The topological polar surface area (TPSA) is 180 Å². The van der Waals surface area contributed by atoms with Gasteiger partial charge in [0.25, 0.3) is 10.1 Å². The Morgan fingerprint density at radius 2 is 1.66 bits per heavy atom. The van der Waals surface area contributed by atoms with Gasteiger partial charge < -0.3 is 10.1 Å². The summed E-state index contributed by atoms with van der Waals surface area (Å²) in [5, 5.41) is 11.8. The Kier molecular flexibility index (Phi) is 11.6. The monoisotopic (exact) mass is 551 g/mol. The van der Waals surface area contributed by atoms with Crippen molar-refractivity contribution >= 4 is 32.0 Å². The van der Waals surface area contributed by atoms with Gasteiger partial charge in [-0.15, -0.1) is 0 Å². The maximum atomic E-state index is 12.8.